The summed E-state index contributed by atoms with van der Waals surface area (Å²) in [7, 11) is 0.810. The monoisotopic (exact) mass is 1130 g/mol. The highest BCUT2D eigenvalue weighted by molar-refractivity contribution is 7.91. The molecule has 2 aliphatic rings. The number of hydrogen-bond acceptors (Lipinski definition) is 24. The molecule has 0 spiro atoms. The van der Waals surface area contributed by atoms with Crippen LogP contribution in [0.1, 0.15) is 95.5 Å². The number of rotatable bonds is 20. The van der Waals surface area contributed by atoms with Gasteiger partial charge in [0, 0.05) is 51.8 Å². The van der Waals surface area contributed by atoms with Gasteiger partial charge >= 0.3 is 0 Å². The number of nitrogens with zero attached hydrogens (tertiary/aromatic N) is 14. The molecule has 6 aromatic heterocycles. The molecular formula is C52H58N14O12S2. The molecule has 2 aliphatic heterocycles. The number of para-hydroxylation sites is 2. The van der Waals surface area contributed by atoms with Crippen LogP contribution in [-0.2, 0) is 53.5 Å². The SMILES string of the molecule is COc1ncnc(OC)c1-n1c(CS(=O)(=O)[C@@H](C)[C@H](OC)c2ncc(C)cn2)nnc1[C@@H]1Cc2ccccc2O1.COc1ncnc(OC)c1-n1c(CS(=O)(=O)[C@@H](C)[C@H](OC)c2ncc(C)cn2)nnc1[C@H]1Cc2ccccc2O1. The fourth-order valence-electron chi connectivity index (χ4n) is 9.19. The van der Waals surface area contributed by atoms with Gasteiger partial charge < -0.3 is 37.9 Å². The van der Waals surface area contributed by atoms with Crippen molar-refractivity contribution < 1.29 is 54.7 Å². The summed E-state index contributed by atoms with van der Waals surface area (Å²) in [6.07, 6.45) is 7.13. The Hall–Kier alpha value is -8.34. The van der Waals surface area contributed by atoms with Gasteiger partial charge in [0.25, 0.3) is 0 Å². The van der Waals surface area contributed by atoms with Crippen molar-refractivity contribution in [1.29, 1.82) is 0 Å². The molecule has 0 amide bonds. The minimum atomic E-state index is -3.91. The summed E-state index contributed by atoms with van der Waals surface area (Å²) < 4.78 is 104. The predicted octanol–water partition coefficient (Wildman–Crippen LogP) is 5.08. The Morgan fingerprint density at radius 1 is 0.512 bits per heavy atom. The quantitative estimate of drug-likeness (QED) is 0.0960. The molecule has 10 rings (SSSR count). The van der Waals surface area contributed by atoms with Gasteiger partial charge in [-0.2, -0.15) is 19.9 Å². The summed E-state index contributed by atoms with van der Waals surface area (Å²) in [6, 6.07) is 15.3. The van der Waals surface area contributed by atoms with Gasteiger partial charge in [-0.3, -0.25) is 9.13 Å². The Labute approximate surface area is 461 Å². The van der Waals surface area contributed by atoms with Crippen LogP contribution in [0.3, 0.4) is 0 Å². The topological polar surface area (TPSA) is 307 Å². The number of hydrogen-bond donors (Lipinski definition) is 0. The summed E-state index contributed by atoms with van der Waals surface area (Å²) in [6.45, 7) is 6.80. The lowest BCUT2D eigenvalue weighted by Gasteiger charge is -2.22. The van der Waals surface area contributed by atoms with Gasteiger partial charge in [-0.15, -0.1) is 20.4 Å². The number of aromatic nitrogens is 14. The lowest BCUT2D eigenvalue weighted by molar-refractivity contribution is 0.0947. The second-order valence-corrected chi connectivity index (χ2v) is 23.2. The van der Waals surface area contributed by atoms with E-state index in [0.717, 1.165) is 22.3 Å². The minimum Gasteiger partial charge on any atom is -0.482 e. The zero-order valence-corrected chi connectivity index (χ0v) is 47.0. The van der Waals surface area contributed by atoms with Crippen molar-refractivity contribution in [1.82, 2.24) is 69.4 Å². The Kier molecular flexibility index (Phi) is 16.9. The first-order valence-electron chi connectivity index (χ1n) is 24.8. The molecule has 0 bridgehead atoms. The molecule has 0 aliphatic carbocycles. The van der Waals surface area contributed by atoms with Gasteiger partial charge in [-0.1, -0.05) is 36.4 Å². The van der Waals surface area contributed by atoms with Crippen molar-refractivity contribution in [3.05, 3.63) is 143 Å². The van der Waals surface area contributed by atoms with Crippen molar-refractivity contribution in [2.24, 2.45) is 0 Å². The van der Waals surface area contributed by atoms with Crippen LogP contribution in [0.2, 0.25) is 0 Å². The zero-order chi connectivity index (χ0) is 56.9. The summed E-state index contributed by atoms with van der Waals surface area (Å²) in [5.41, 5.74) is 4.20. The molecule has 0 saturated heterocycles. The molecule has 28 heteroatoms. The standard InChI is InChI=1S/2C26H29N7O6S/c2*1-15-11-27-23(28-12-15)22(36-3)16(2)40(34,35)13-20-31-32-24(19-10-17-8-6-7-9-18(17)39-19)33(20)21-25(37-4)29-14-30-26(21)38-5/h2*6-9,11-12,14,16,19,22H,10,13H2,1-5H3/t16-,19+,22-;16-,19-,22-/m00/s1. The molecule has 0 saturated carbocycles. The van der Waals surface area contributed by atoms with Gasteiger partial charge in [-0.05, 0) is 62.1 Å². The minimum absolute atomic E-state index is 0.104. The first-order valence-corrected chi connectivity index (χ1v) is 28.3. The molecule has 26 nitrogen and oxygen atoms in total. The van der Waals surface area contributed by atoms with Gasteiger partial charge in [0.2, 0.25) is 23.5 Å². The average Bonchev–Trinajstić information content (AvgIpc) is 4.34. The van der Waals surface area contributed by atoms with E-state index in [4.69, 9.17) is 37.9 Å². The van der Waals surface area contributed by atoms with Gasteiger partial charge in [-0.25, -0.2) is 36.8 Å². The number of aryl methyl sites for hydroxylation is 2. The van der Waals surface area contributed by atoms with E-state index in [1.54, 1.807) is 47.8 Å². The van der Waals surface area contributed by atoms with E-state index in [2.05, 4.69) is 60.3 Å². The van der Waals surface area contributed by atoms with E-state index in [0.29, 0.717) is 36.0 Å². The lowest BCUT2D eigenvalue weighted by Crippen LogP contribution is -2.30. The number of benzene rings is 2. The molecular weight excluding hydrogens is 1080 g/mol. The van der Waals surface area contributed by atoms with E-state index in [1.165, 1.54) is 55.3 Å². The third-order valence-electron chi connectivity index (χ3n) is 13.4. The van der Waals surface area contributed by atoms with Crippen LogP contribution in [0.5, 0.6) is 35.0 Å². The summed E-state index contributed by atoms with van der Waals surface area (Å²) in [5.74, 6) is 2.50. The molecule has 8 aromatic rings. The highest BCUT2D eigenvalue weighted by Crippen LogP contribution is 2.42. The van der Waals surface area contributed by atoms with Gasteiger partial charge in [0.05, 0.1) is 38.9 Å². The second kappa shape index (κ2) is 23.9. The summed E-state index contributed by atoms with van der Waals surface area (Å²) >= 11 is 0. The first kappa shape index (κ1) is 56.4. The van der Waals surface area contributed by atoms with E-state index < -0.39 is 66.1 Å². The Balaban J connectivity index is 0.000000194. The number of fused-ring (bicyclic) bond motifs is 2. The van der Waals surface area contributed by atoms with E-state index >= 15 is 0 Å². The number of methoxy groups -OCH3 is 6. The molecule has 2 aromatic carbocycles. The van der Waals surface area contributed by atoms with Crippen LogP contribution >= 0.6 is 0 Å². The molecule has 0 radical (unpaired) electrons. The Morgan fingerprint density at radius 2 is 0.850 bits per heavy atom. The smallest absolute Gasteiger partial charge is 0.245 e. The maximum Gasteiger partial charge on any atom is 0.245 e. The third-order valence-corrected chi connectivity index (χ3v) is 17.5. The zero-order valence-electron chi connectivity index (χ0n) is 45.4. The van der Waals surface area contributed by atoms with Crippen LogP contribution in [0, 0.1) is 13.8 Å². The first-order chi connectivity index (χ1) is 38.5. The van der Waals surface area contributed by atoms with Crippen molar-refractivity contribution in [2.45, 2.75) is 87.0 Å². The largest absolute Gasteiger partial charge is 0.482 e. The average molecular weight is 1140 g/mol. The van der Waals surface area contributed by atoms with E-state index in [9.17, 15) is 16.8 Å². The van der Waals surface area contributed by atoms with Crippen LogP contribution in [0.15, 0.2) is 86.0 Å². The van der Waals surface area contributed by atoms with Crippen LogP contribution in [-0.4, -0.2) is 139 Å². The van der Waals surface area contributed by atoms with Gasteiger partial charge in [0.1, 0.15) is 47.9 Å². The molecule has 6 atom stereocenters. The predicted molar refractivity (Wildman–Crippen MR) is 284 cm³/mol. The molecule has 0 unspecified atom stereocenters. The highest BCUT2D eigenvalue weighted by Gasteiger charge is 2.40. The molecule has 420 valence electrons. The second-order valence-electron chi connectivity index (χ2n) is 18.5. The van der Waals surface area contributed by atoms with Gasteiger partial charge in [0.15, 0.2) is 78.2 Å². The van der Waals surface area contributed by atoms with Crippen molar-refractivity contribution >= 4 is 19.7 Å². The Bertz CT molecular complexity index is 3370. The third kappa shape index (κ3) is 11.4. The van der Waals surface area contributed by atoms with Crippen molar-refractivity contribution in [3.8, 4) is 46.4 Å². The fourth-order valence-corrected chi connectivity index (χ4v) is 12.0. The molecule has 0 fully saturated rings. The molecule has 80 heavy (non-hydrogen) atoms. The molecule has 8 heterocycles. The lowest BCUT2D eigenvalue weighted by atomic mass is 10.1. The van der Waals surface area contributed by atoms with Crippen LogP contribution < -0.4 is 28.4 Å². The normalized spacial score (nSPS) is 16.2. The maximum atomic E-state index is 13.8. The van der Waals surface area contributed by atoms with E-state index in [1.807, 2.05) is 62.4 Å². The van der Waals surface area contributed by atoms with Crippen molar-refractivity contribution in [2.75, 3.05) is 42.7 Å². The van der Waals surface area contributed by atoms with Crippen LogP contribution in [0.25, 0.3) is 11.4 Å². The number of ether oxygens (including phenoxy) is 8. The maximum absolute atomic E-state index is 13.8. The van der Waals surface area contributed by atoms with E-state index in [-0.39, 0.29) is 58.2 Å². The highest BCUT2D eigenvalue weighted by atomic mass is 32.2. The summed E-state index contributed by atoms with van der Waals surface area (Å²) in [4.78, 5) is 34.0. The summed E-state index contributed by atoms with van der Waals surface area (Å²) in [5, 5.41) is 15.3. The fraction of sp³-hybridized carbons (Fsp3) is 0.385. The Morgan fingerprint density at radius 3 is 1.16 bits per heavy atom. The molecule has 0 N–H and O–H groups in total. The van der Waals surface area contributed by atoms with Crippen LogP contribution in [0.4, 0.5) is 0 Å². The number of sulfone groups is 2. The van der Waals surface area contributed by atoms with Crippen molar-refractivity contribution in [3.63, 3.8) is 0 Å².